The van der Waals surface area contributed by atoms with E-state index in [0.29, 0.717) is 16.8 Å². The molecular formula is C8H4F3N3O3. The molecule has 0 bridgehead atoms. The van der Waals surface area contributed by atoms with Crippen molar-refractivity contribution in [3.05, 3.63) is 33.9 Å². The number of carboxylic acids is 1. The Labute approximate surface area is 90.3 Å². The van der Waals surface area contributed by atoms with Gasteiger partial charge in [0.1, 0.15) is 11.3 Å². The van der Waals surface area contributed by atoms with Gasteiger partial charge in [0.2, 0.25) is 0 Å². The number of aromatic amines is 1. The third-order valence-corrected chi connectivity index (χ3v) is 2.03. The summed E-state index contributed by atoms with van der Waals surface area (Å²) < 4.78 is 37.4. The van der Waals surface area contributed by atoms with E-state index in [-0.39, 0.29) is 5.65 Å². The average Bonchev–Trinajstić information content (AvgIpc) is 2.61. The second-order valence-electron chi connectivity index (χ2n) is 3.14. The Bertz CT molecular complexity index is 655. The number of rotatable bonds is 1. The van der Waals surface area contributed by atoms with Crippen LogP contribution in [-0.2, 0) is 6.18 Å². The SMILES string of the molecule is O=C(O)c1cnc2cc(C(F)(F)F)[nH]n2c1=O. The molecular weight excluding hydrogens is 243 g/mol. The molecule has 0 saturated carbocycles. The first-order chi connectivity index (χ1) is 7.80. The first-order valence-corrected chi connectivity index (χ1v) is 4.22. The monoisotopic (exact) mass is 247 g/mol. The van der Waals surface area contributed by atoms with Crippen LogP contribution in [0.25, 0.3) is 5.65 Å². The lowest BCUT2D eigenvalue weighted by atomic mass is 10.3. The maximum absolute atomic E-state index is 12.3. The highest BCUT2D eigenvalue weighted by Gasteiger charge is 2.33. The summed E-state index contributed by atoms with van der Waals surface area (Å²) in [6.45, 7) is 0. The topological polar surface area (TPSA) is 87.5 Å². The highest BCUT2D eigenvalue weighted by Crippen LogP contribution is 2.27. The third kappa shape index (κ3) is 1.75. The number of alkyl halides is 3. The predicted molar refractivity (Wildman–Crippen MR) is 47.8 cm³/mol. The zero-order valence-electron chi connectivity index (χ0n) is 7.95. The Hall–Kier alpha value is -2.32. The minimum atomic E-state index is -4.66. The summed E-state index contributed by atoms with van der Waals surface area (Å²) in [4.78, 5) is 25.5. The molecule has 0 aliphatic carbocycles. The van der Waals surface area contributed by atoms with Gasteiger partial charge in [-0.05, 0) is 0 Å². The van der Waals surface area contributed by atoms with Gasteiger partial charge in [-0.15, -0.1) is 0 Å². The molecule has 0 aliphatic heterocycles. The molecule has 6 nitrogen and oxygen atoms in total. The lowest BCUT2D eigenvalue weighted by molar-refractivity contribution is -0.141. The van der Waals surface area contributed by atoms with Gasteiger partial charge in [-0.3, -0.25) is 9.89 Å². The van der Waals surface area contributed by atoms with E-state index in [4.69, 9.17) is 5.11 Å². The minimum Gasteiger partial charge on any atom is -0.477 e. The molecule has 90 valence electrons. The van der Waals surface area contributed by atoms with Crippen molar-refractivity contribution in [3.8, 4) is 0 Å². The van der Waals surface area contributed by atoms with Crippen molar-refractivity contribution in [2.24, 2.45) is 0 Å². The van der Waals surface area contributed by atoms with Crippen LogP contribution in [0.15, 0.2) is 17.1 Å². The number of halogens is 3. The maximum Gasteiger partial charge on any atom is 0.432 e. The van der Waals surface area contributed by atoms with Crippen LogP contribution < -0.4 is 5.56 Å². The highest BCUT2D eigenvalue weighted by atomic mass is 19.4. The molecule has 0 spiro atoms. The Balaban J connectivity index is 2.75. The van der Waals surface area contributed by atoms with Gasteiger partial charge in [-0.1, -0.05) is 0 Å². The lowest BCUT2D eigenvalue weighted by Crippen LogP contribution is -2.23. The van der Waals surface area contributed by atoms with Crippen LogP contribution in [0.1, 0.15) is 16.1 Å². The van der Waals surface area contributed by atoms with Gasteiger partial charge < -0.3 is 5.11 Å². The van der Waals surface area contributed by atoms with Gasteiger partial charge in [0.25, 0.3) is 5.56 Å². The molecule has 0 atom stereocenters. The Kier molecular flexibility index (Phi) is 2.19. The molecule has 2 N–H and O–H groups in total. The quantitative estimate of drug-likeness (QED) is 0.777. The summed E-state index contributed by atoms with van der Waals surface area (Å²) in [6.07, 6.45) is -3.95. The molecule has 0 saturated heterocycles. The number of fused-ring (bicyclic) bond motifs is 1. The fourth-order valence-corrected chi connectivity index (χ4v) is 1.25. The zero-order chi connectivity index (χ0) is 12.8. The molecule has 17 heavy (non-hydrogen) atoms. The van der Waals surface area contributed by atoms with Crippen LogP contribution >= 0.6 is 0 Å². The van der Waals surface area contributed by atoms with Crippen molar-refractivity contribution in [1.29, 1.82) is 0 Å². The first-order valence-electron chi connectivity index (χ1n) is 4.22. The van der Waals surface area contributed by atoms with E-state index >= 15 is 0 Å². The largest absolute Gasteiger partial charge is 0.477 e. The standard InChI is InChI=1S/C8H4F3N3O3/c9-8(10,11)4-1-5-12-2-3(7(16)17)6(15)14(5)13-4/h1-2,13H,(H,16,17). The molecule has 0 fully saturated rings. The van der Waals surface area contributed by atoms with Gasteiger partial charge in [0.05, 0.1) is 0 Å². The smallest absolute Gasteiger partial charge is 0.432 e. The van der Waals surface area contributed by atoms with E-state index in [0.717, 1.165) is 0 Å². The van der Waals surface area contributed by atoms with Crippen molar-refractivity contribution < 1.29 is 23.1 Å². The molecule has 0 amide bonds. The number of hydrogen-bond donors (Lipinski definition) is 2. The van der Waals surface area contributed by atoms with Crippen LogP contribution in [0.4, 0.5) is 13.2 Å². The number of aromatic carboxylic acids is 1. The predicted octanol–water partition coefficient (Wildman–Crippen LogP) is 0.740. The van der Waals surface area contributed by atoms with Gasteiger partial charge in [-0.2, -0.15) is 13.2 Å². The molecule has 2 aromatic heterocycles. The van der Waals surface area contributed by atoms with Crippen molar-refractivity contribution in [2.75, 3.05) is 0 Å². The number of carboxylic acid groups (broad SMARTS) is 1. The molecule has 0 unspecified atom stereocenters. The second kappa shape index (κ2) is 3.34. The molecule has 2 rings (SSSR count). The summed E-state index contributed by atoms with van der Waals surface area (Å²) in [7, 11) is 0. The summed E-state index contributed by atoms with van der Waals surface area (Å²) in [5, 5.41) is 10.4. The summed E-state index contributed by atoms with van der Waals surface area (Å²) in [6, 6.07) is 0.618. The van der Waals surface area contributed by atoms with E-state index in [9.17, 15) is 22.8 Å². The van der Waals surface area contributed by atoms with E-state index in [1.807, 2.05) is 0 Å². The summed E-state index contributed by atoms with van der Waals surface area (Å²) in [5.74, 6) is -1.56. The number of H-pyrrole nitrogens is 1. The number of hydrogen-bond acceptors (Lipinski definition) is 3. The normalized spacial score (nSPS) is 11.9. The number of nitrogens with one attached hydrogen (secondary N) is 1. The number of carbonyl (C=O) groups is 1. The molecule has 2 aromatic rings. The van der Waals surface area contributed by atoms with Crippen LogP contribution in [0.2, 0.25) is 0 Å². The molecule has 2 heterocycles. The Morgan fingerprint density at radius 1 is 1.47 bits per heavy atom. The number of nitrogens with zero attached hydrogens (tertiary/aromatic N) is 2. The van der Waals surface area contributed by atoms with Gasteiger partial charge in [0.15, 0.2) is 5.65 Å². The van der Waals surface area contributed by atoms with Crippen molar-refractivity contribution in [1.82, 2.24) is 14.6 Å². The third-order valence-electron chi connectivity index (χ3n) is 2.03. The zero-order valence-corrected chi connectivity index (χ0v) is 7.95. The summed E-state index contributed by atoms with van der Waals surface area (Å²) in [5.41, 5.74) is -3.28. The summed E-state index contributed by atoms with van der Waals surface area (Å²) >= 11 is 0. The van der Waals surface area contributed by atoms with E-state index in [1.54, 1.807) is 5.10 Å². The average molecular weight is 247 g/mol. The number of aromatic nitrogens is 3. The van der Waals surface area contributed by atoms with E-state index in [1.165, 1.54) is 0 Å². The first kappa shape index (κ1) is 11.2. The molecule has 0 radical (unpaired) electrons. The second-order valence-corrected chi connectivity index (χ2v) is 3.14. The highest BCUT2D eigenvalue weighted by molar-refractivity contribution is 5.86. The van der Waals surface area contributed by atoms with Crippen molar-refractivity contribution >= 4 is 11.6 Å². The van der Waals surface area contributed by atoms with E-state index in [2.05, 4.69) is 4.98 Å². The van der Waals surface area contributed by atoms with Crippen molar-refractivity contribution in [2.45, 2.75) is 6.18 Å². The van der Waals surface area contributed by atoms with Gasteiger partial charge in [0, 0.05) is 12.3 Å². The molecule has 0 aliphatic rings. The van der Waals surface area contributed by atoms with Gasteiger partial charge in [-0.25, -0.2) is 14.3 Å². The van der Waals surface area contributed by atoms with Crippen LogP contribution in [-0.4, -0.2) is 25.7 Å². The lowest BCUT2D eigenvalue weighted by Gasteiger charge is -2.00. The van der Waals surface area contributed by atoms with Crippen molar-refractivity contribution in [3.63, 3.8) is 0 Å². The minimum absolute atomic E-state index is 0.299. The fraction of sp³-hybridized carbons (Fsp3) is 0.125. The Morgan fingerprint density at radius 3 is 2.65 bits per heavy atom. The fourth-order valence-electron chi connectivity index (χ4n) is 1.25. The van der Waals surface area contributed by atoms with Crippen LogP contribution in [0, 0.1) is 0 Å². The molecule has 0 aromatic carbocycles. The molecule has 9 heteroatoms. The van der Waals surface area contributed by atoms with Gasteiger partial charge >= 0.3 is 12.1 Å². The van der Waals surface area contributed by atoms with Crippen LogP contribution in [0.5, 0.6) is 0 Å². The maximum atomic E-state index is 12.3. The van der Waals surface area contributed by atoms with E-state index < -0.39 is 29.0 Å². The Morgan fingerprint density at radius 2 is 2.12 bits per heavy atom. The van der Waals surface area contributed by atoms with Crippen LogP contribution in [0.3, 0.4) is 0 Å².